The van der Waals surface area contributed by atoms with Gasteiger partial charge in [-0.2, -0.15) is 0 Å². The highest BCUT2D eigenvalue weighted by atomic mass is 32.1. The van der Waals surface area contributed by atoms with Gasteiger partial charge < -0.3 is 4.74 Å². The monoisotopic (exact) mass is 241 g/mol. The highest BCUT2D eigenvalue weighted by Crippen LogP contribution is 2.16. The summed E-state index contributed by atoms with van der Waals surface area (Å²) in [5.74, 6) is -0.204. The Hall–Kier alpha value is -0.870. The summed E-state index contributed by atoms with van der Waals surface area (Å²) in [4.78, 5) is 12.9. The first-order valence-electron chi connectivity index (χ1n) is 5.42. The van der Waals surface area contributed by atoms with Gasteiger partial charge in [0.25, 0.3) is 0 Å². The fourth-order valence-electron chi connectivity index (χ4n) is 1.27. The number of rotatable bonds is 5. The van der Waals surface area contributed by atoms with Crippen LogP contribution >= 0.6 is 11.3 Å². The zero-order valence-corrected chi connectivity index (χ0v) is 11.1. The topological polar surface area (TPSA) is 38.3 Å². The van der Waals surface area contributed by atoms with Gasteiger partial charge >= 0.3 is 5.97 Å². The smallest absolute Gasteiger partial charge is 0.325 e. The van der Waals surface area contributed by atoms with Crippen molar-refractivity contribution in [2.45, 2.75) is 39.8 Å². The molecule has 16 heavy (non-hydrogen) atoms. The lowest BCUT2D eigenvalue weighted by atomic mass is 10.1. The van der Waals surface area contributed by atoms with Gasteiger partial charge in [-0.25, -0.2) is 0 Å². The minimum absolute atomic E-state index is 0.204. The molecule has 0 aliphatic carbocycles. The van der Waals surface area contributed by atoms with Crippen LogP contribution in [0.4, 0.5) is 0 Å². The van der Waals surface area contributed by atoms with Gasteiger partial charge in [-0.3, -0.25) is 10.1 Å². The normalized spacial score (nSPS) is 11.5. The van der Waals surface area contributed by atoms with Crippen molar-refractivity contribution in [3.63, 3.8) is 0 Å². The molecule has 0 saturated heterocycles. The molecule has 0 bridgehead atoms. The van der Waals surface area contributed by atoms with Gasteiger partial charge in [0.2, 0.25) is 0 Å². The van der Waals surface area contributed by atoms with Gasteiger partial charge in [0.05, 0.1) is 6.61 Å². The lowest BCUT2D eigenvalue weighted by molar-refractivity contribution is -0.149. The molecule has 0 aliphatic rings. The van der Waals surface area contributed by atoms with E-state index < -0.39 is 5.54 Å². The second-order valence-electron chi connectivity index (χ2n) is 4.23. The average molecular weight is 241 g/mol. The second kappa shape index (κ2) is 5.46. The van der Waals surface area contributed by atoms with Crippen LogP contribution in [0.15, 0.2) is 11.4 Å². The Labute approximate surface area is 101 Å². The van der Waals surface area contributed by atoms with Gasteiger partial charge in [-0.05, 0) is 44.7 Å². The van der Waals surface area contributed by atoms with E-state index in [0.717, 1.165) is 0 Å². The number of carbonyl (C=O) groups is 1. The lowest BCUT2D eigenvalue weighted by Gasteiger charge is -2.23. The molecule has 0 amide bonds. The van der Waals surface area contributed by atoms with Crippen LogP contribution in [-0.2, 0) is 16.1 Å². The van der Waals surface area contributed by atoms with Gasteiger partial charge in [0.1, 0.15) is 5.54 Å². The summed E-state index contributed by atoms with van der Waals surface area (Å²) in [6, 6.07) is 2.08. The number of nitrogens with one attached hydrogen (secondary N) is 1. The molecule has 0 saturated carbocycles. The third-order valence-corrected chi connectivity index (χ3v) is 3.47. The van der Waals surface area contributed by atoms with E-state index >= 15 is 0 Å². The lowest BCUT2D eigenvalue weighted by Crippen LogP contribution is -2.47. The number of aryl methyl sites for hydroxylation is 1. The molecule has 1 aromatic rings. The average Bonchev–Trinajstić information content (AvgIpc) is 2.61. The van der Waals surface area contributed by atoms with Crippen LogP contribution in [-0.4, -0.2) is 18.1 Å². The molecule has 1 rings (SSSR count). The van der Waals surface area contributed by atoms with Crippen LogP contribution in [0.25, 0.3) is 0 Å². The van der Waals surface area contributed by atoms with Crippen LogP contribution in [0.1, 0.15) is 31.2 Å². The van der Waals surface area contributed by atoms with Crippen molar-refractivity contribution >= 4 is 17.3 Å². The van der Waals surface area contributed by atoms with Crippen LogP contribution in [0.5, 0.6) is 0 Å². The first kappa shape index (κ1) is 13.2. The Bertz CT molecular complexity index is 358. The maximum absolute atomic E-state index is 11.6. The highest BCUT2D eigenvalue weighted by Gasteiger charge is 2.28. The summed E-state index contributed by atoms with van der Waals surface area (Å²) in [5, 5.41) is 5.28. The van der Waals surface area contributed by atoms with E-state index in [4.69, 9.17) is 4.74 Å². The molecule has 1 N–H and O–H groups in total. The van der Waals surface area contributed by atoms with Crippen molar-refractivity contribution < 1.29 is 9.53 Å². The first-order chi connectivity index (χ1) is 7.47. The molecule has 4 heteroatoms. The first-order valence-corrected chi connectivity index (χ1v) is 6.30. The third-order valence-electron chi connectivity index (χ3n) is 2.44. The molecule has 0 atom stereocenters. The minimum atomic E-state index is -0.632. The molecule has 0 unspecified atom stereocenters. The third kappa shape index (κ3) is 3.32. The van der Waals surface area contributed by atoms with Gasteiger partial charge in [-0.15, -0.1) is 11.3 Å². The summed E-state index contributed by atoms with van der Waals surface area (Å²) in [6.45, 7) is 8.70. The van der Waals surface area contributed by atoms with Crippen LogP contribution < -0.4 is 5.32 Å². The molecule has 0 spiro atoms. The predicted octanol–water partition coefficient (Wildman–Crippen LogP) is 2.49. The number of hydrogen-bond donors (Lipinski definition) is 1. The Morgan fingerprint density at radius 2 is 2.25 bits per heavy atom. The summed E-state index contributed by atoms with van der Waals surface area (Å²) < 4.78 is 5.01. The van der Waals surface area contributed by atoms with Gasteiger partial charge in [0.15, 0.2) is 0 Å². The second-order valence-corrected chi connectivity index (χ2v) is 5.23. The van der Waals surface area contributed by atoms with E-state index in [1.54, 1.807) is 11.3 Å². The van der Waals surface area contributed by atoms with Crippen molar-refractivity contribution in [3.8, 4) is 0 Å². The molecular weight excluding hydrogens is 222 g/mol. The number of ether oxygens (including phenoxy) is 1. The summed E-state index contributed by atoms with van der Waals surface area (Å²) in [6.07, 6.45) is 0. The maximum Gasteiger partial charge on any atom is 0.325 e. The maximum atomic E-state index is 11.6. The van der Waals surface area contributed by atoms with Crippen molar-refractivity contribution in [1.82, 2.24) is 5.32 Å². The SMILES string of the molecule is CCOC(=O)C(C)(C)NCc1sccc1C. The number of hydrogen-bond acceptors (Lipinski definition) is 4. The zero-order chi connectivity index (χ0) is 12.2. The zero-order valence-electron chi connectivity index (χ0n) is 10.3. The quantitative estimate of drug-likeness (QED) is 0.805. The highest BCUT2D eigenvalue weighted by molar-refractivity contribution is 7.10. The van der Waals surface area contributed by atoms with Crippen molar-refractivity contribution in [3.05, 3.63) is 21.9 Å². The van der Waals surface area contributed by atoms with E-state index in [9.17, 15) is 4.79 Å². The minimum Gasteiger partial charge on any atom is -0.465 e. The summed E-state index contributed by atoms with van der Waals surface area (Å²) in [7, 11) is 0. The molecule has 90 valence electrons. The Morgan fingerprint density at radius 3 is 2.75 bits per heavy atom. The Morgan fingerprint density at radius 1 is 1.56 bits per heavy atom. The van der Waals surface area contributed by atoms with Crippen LogP contribution in [0.3, 0.4) is 0 Å². The number of thiophene rings is 1. The van der Waals surface area contributed by atoms with Crippen LogP contribution in [0.2, 0.25) is 0 Å². The van der Waals surface area contributed by atoms with E-state index in [1.165, 1.54) is 10.4 Å². The van der Waals surface area contributed by atoms with Crippen molar-refractivity contribution in [2.24, 2.45) is 0 Å². The molecule has 3 nitrogen and oxygen atoms in total. The predicted molar refractivity (Wildman–Crippen MR) is 66.6 cm³/mol. The molecule has 1 aromatic heterocycles. The summed E-state index contributed by atoms with van der Waals surface area (Å²) in [5.41, 5.74) is 0.629. The molecule has 0 aliphatic heterocycles. The van der Waals surface area contributed by atoms with Crippen molar-refractivity contribution in [1.29, 1.82) is 0 Å². The Balaban J connectivity index is 2.54. The summed E-state index contributed by atoms with van der Waals surface area (Å²) >= 11 is 1.70. The van der Waals surface area contributed by atoms with Crippen LogP contribution in [0, 0.1) is 6.92 Å². The largest absolute Gasteiger partial charge is 0.465 e. The fraction of sp³-hybridized carbons (Fsp3) is 0.583. The van der Waals surface area contributed by atoms with Gasteiger partial charge in [0, 0.05) is 11.4 Å². The molecule has 0 radical (unpaired) electrons. The number of esters is 1. The molecule has 1 heterocycles. The standard InChI is InChI=1S/C12H19NO2S/c1-5-15-11(14)12(3,4)13-8-10-9(2)6-7-16-10/h6-7,13H,5,8H2,1-4H3. The van der Waals surface area contributed by atoms with E-state index in [2.05, 4.69) is 23.7 Å². The van der Waals surface area contributed by atoms with E-state index in [0.29, 0.717) is 13.2 Å². The van der Waals surface area contributed by atoms with E-state index in [1.807, 2.05) is 20.8 Å². The van der Waals surface area contributed by atoms with Crippen molar-refractivity contribution in [2.75, 3.05) is 6.61 Å². The molecule has 0 aromatic carbocycles. The molecule has 0 fully saturated rings. The Kier molecular flexibility index (Phi) is 4.50. The fourth-order valence-corrected chi connectivity index (χ4v) is 2.12. The molecular formula is C12H19NO2S. The van der Waals surface area contributed by atoms with Gasteiger partial charge in [-0.1, -0.05) is 0 Å². The number of carbonyl (C=O) groups excluding carboxylic acids is 1. The van der Waals surface area contributed by atoms with E-state index in [-0.39, 0.29) is 5.97 Å².